The van der Waals surface area contributed by atoms with Gasteiger partial charge in [-0.2, -0.15) is 0 Å². The second-order valence-corrected chi connectivity index (χ2v) is 7.38. The fourth-order valence-electron chi connectivity index (χ4n) is 4.05. The van der Waals surface area contributed by atoms with E-state index in [0.717, 1.165) is 47.7 Å². The molecular weight excluding hydrogens is 366 g/mol. The van der Waals surface area contributed by atoms with Gasteiger partial charge in [-0.1, -0.05) is 12.1 Å². The fraction of sp³-hybridized carbons (Fsp3) is 0.391. The summed E-state index contributed by atoms with van der Waals surface area (Å²) in [6.07, 6.45) is 1.89. The van der Waals surface area contributed by atoms with Gasteiger partial charge in [-0.05, 0) is 62.7 Å². The Labute approximate surface area is 171 Å². The summed E-state index contributed by atoms with van der Waals surface area (Å²) in [6.45, 7) is 4.65. The molecule has 0 bridgehead atoms. The molecule has 1 aliphatic rings. The van der Waals surface area contributed by atoms with E-state index in [-0.39, 0.29) is 11.9 Å². The number of imidazole rings is 1. The molecule has 0 unspecified atom stereocenters. The third-order valence-corrected chi connectivity index (χ3v) is 5.45. The molecule has 3 aromatic rings. The molecule has 1 fully saturated rings. The molecule has 6 nitrogen and oxygen atoms in total. The van der Waals surface area contributed by atoms with Gasteiger partial charge in [-0.3, -0.25) is 14.3 Å². The van der Waals surface area contributed by atoms with Crippen LogP contribution < -0.4 is 4.74 Å². The van der Waals surface area contributed by atoms with Crippen molar-refractivity contribution in [2.24, 2.45) is 5.92 Å². The van der Waals surface area contributed by atoms with E-state index in [1.165, 1.54) is 0 Å². The predicted molar refractivity (Wildman–Crippen MR) is 112 cm³/mol. The van der Waals surface area contributed by atoms with E-state index in [0.29, 0.717) is 19.7 Å². The van der Waals surface area contributed by atoms with Gasteiger partial charge in [0.15, 0.2) is 0 Å². The summed E-state index contributed by atoms with van der Waals surface area (Å²) in [5.41, 5.74) is 3.09. The molecule has 1 aromatic heterocycles. The Hall–Kier alpha value is -2.86. The molecule has 152 valence electrons. The zero-order valence-electron chi connectivity index (χ0n) is 17.0. The van der Waals surface area contributed by atoms with Gasteiger partial charge in [0.2, 0.25) is 0 Å². The van der Waals surface area contributed by atoms with Crippen LogP contribution in [0, 0.1) is 5.92 Å². The molecule has 6 heteroatoms. The van der Waals surface area contributed by atoms with Crippen molar-refractivity contribution in [1.29, 1.82) is 0 Å². The third-order valence-electron chi connectivity index (χ3n) is 5.45. The van der Waals surface area contributed by atoms with Gasteiger partial charge >= 0.3 is 5.97 Å². The number of ether oxygens (including phenoxy) is 2. The fourth-order valence-corrected chi connectivity index (χ4v) is 4.05. The SMILES string of the molecule is CCOC(=O)[C@H]1CCCN(Cc2nc3ccccc3n2-c2ccc(OC)cc2)C1. The monoisotopic (exact) mass is 393 g/mol. The van der Waals surface area contributed by atoms with Gasteiger partial charge < -0.3 is 9.47 Å². The highest BCUT2D eigenvalue weighted by Gasteiger charge is 2.28. The van der Waals surface area contributed by atoms with Crippen molar-refractivity contribution in [3.05, 3.63) is 54.4 Å². The van der Waals surface area contributed by atoms with Crippen molar-refractivity contribution in [2.75, 3.05) is 26.8 Å². The molecule has 1 atom stereocenters. The number of likely N-dealkylation sites (tertiary alicyclic amines) is 1. The lowest BCUT2D eigenvalue weighted by Crippen LogP contribution is -2.39. The van der Waals surface area contributed by atoms with Gasteiger partial charge in [0.1, 0.15) is 11.6 Å². The van der Waals surface area contributed by atoms with Crippen molar-refractivity contribution in [3.8, 4) is 11.4 Å². The number of benzene rings is 2. The number of aromatic nitrogens is 2. The summed E-state index contributed by atoms with van der Waals surface area (Å²) in [5, 5.41) is 0. The van der Waals surface area contributed by atoms with Crippen LogP contribution in [0.1, 0.15) is 25.6 Å². The number of para-hydroxylation sites is 2. The van der Waals surface area contributed by atoms with E-state index in [9.17, 15) is 4.79 Å². The molecule has 4 rings (SSSR count). The van der Waals surface area contributed by atoms with Crippen LogP contribution in [0.2, 0.25) is 0 Å². The summed E-state index contributed by atoms with van der Waals surface area (Å²) < 4.78 is 12.7. The number of fused-ring (bicyclic) bond motifs is 1. The van der Waals surface area contributed by atoms with Crippen molar-refractivity contribution in [2.45, 2.75) is 26.3 Å². The molecular formula is C23H27N3O3. The molecule has 1 aliphatic heterocycles. The summed E-state index contributed by atoms with van der Waals surface area (Å²) in [4.78, 5) is 19.4. The molecule has 1 saturated heterocycles. The number of methoxy groups -OCH3 is 1. The van der Waals surface area contributed by atoms with E-state index in [1.54, 1.807) is 7.11 Å². The summed E-state index contributed by atoms with van der Waals surface area (Å²) >= 11 is 0. The van der Waals surface area contributed by atoms with Crippen molar-refractivity contribution >= 4 is 17.0 Å². The van der Waals surface area contributed by atoms with Crippen LogP contribution in [0.5, 0.6) is 5.75 Å². The number of piperidine rings is 1. The number of rotatable bonds is 6. The van der Waals surface area contributed by atoms with Crippen LogP contribution in [0.4, 0.5) is 0 Å². The first-order chi connectivity index (χ1) is 14.2. The number of nitrogens with zero attached hydrogens (tertiary/aromatic N) is 3. The van der Waals surface area contributed by atoms with Gasteiger partial charge in [0.25, 0.3) is 0 Å². The lowest BCUT2D eigenvalue weighted by molar-refractivity contribution is -0.150. The van der Waals surface area contributed by atoms with Crippen molar-refractivity contribution in [1.82, 2.24) is 14.5 Å². The number of esters is 1. The standard InChI is InChI=1S/C23H27N3O3/c1-3-29-23(27)17-7-6-14-25(15-17)16-22-24-20-8-4-5-9-21(20)26(22)18-10-12-19(28-2)13-11-18/h4-5,8-13,17H,3,6-7,14-16H2,1-2H3/t17-/m0/s1. The predicted octanol–water partition coefficient (Wildman–Crippen LogP) is 3.81. The van der Waals surface area contributed by atoms with E-state index >= 15 is 0 Å². The van der Waals surface area contributed by atoms with Gasteiger partial charge in [0, 0.05) is 12.2 Å². The Balaban J connectivity index is 1.64. The largest absolute Gasteiger partial charge is 0.497 e. The summed E-state index contributed by atoms with van der Waals surface area (Å²) in [5.74, 6) is 1.66. The van der Waals surface area contributed by atoms with E-state index in [2.05, 4.69) is 15.5 Å². The van der Waals surface area contributed by atoms with Crippen LogP contribution in [0.3, 0.4) is 0 Å². The Morgan fingerprint density at radius 1 is 1.17 bits per heavy atom. The van der Waals surface area contributed by atoms with Gasteiger partial charge in [-0.15, -0.1) is 0 Å². The molecule has 0 spiro atoms. The molecule has 0 aliphatic carbocycles. The minimum atomic E-state index is -0.0825. The normalized spacial score (nSPS) is 17.4. The highest BCUT2D eigenvalue weighted by Crippen LogP contribution is 2.26. The Kier molecular flexibility index (Phi) is 5.81. The zero-order chi connectivity index (χ0) is 20.2. The summed E-state index contributed by atoms with van der Waals surface area (Å²) in [7, 11) is 1.67. The molecule has 29 heavy (non-hydrogen) atoms. The van der Waals surface area contributed by atoms with E-state index in [4.69, 9.17) is 14.5 Å². The van der Waals surface area contributed by atoms with Crippen LogP contribution in [0.15, 0.2) is 48.5 Å². The van der Waals surface area contributed by atoms with E-state index in [1.807, 2.05) is 49.4 Å². The van der Waals surface area contributed by atoms with Crippen LogP contribution in [0.25, 0.3) is 16.7 Å². The van der Waals surface area contributed by atoms with Gasteiger partial charge in [-0.25, -0.2) is 4.98 Å². The highest BCUT2D eigenvalue weighted by atomic mass is 16.5. The maximum atomic E-state index is 12.2. The summed E-state index contributed by atoms with van der Waals surface area (Å²) in [6, 6.07) is 16.2. The number of carbonyl (C=O) groups excluding carboxylic acids is 1. The Morgan fingerprint density at radius 3 is 2.72 bits per heavy atom. The highest BCUT2D eigenvalue weighted by molar-refractivity contribution is 5.78. The number of hydrogen-bond donors (Lipinski definition) is 0. The zero-order valence-corrected chi connectivity index (χ0v) is 17.0. The first kappa shape index (κ1) is 19.5. The van der Waals surface area contributed by atoms with E-state index < -0.39 is 0 Å². The van der Waals surface area contributed by atoms with Crippen LogP contribution in [-0.2, 0) is 16.1 Å². The van der Waals surface area contributed by atoms with Gasteiger partial charge in [0.05, 0.1) is 37.2 Å². The smallest absolute Gasteiger partial charge is 0.310 e. The third kappa shape index (κ3) is 4.12. The number of hydrogen-bond acceptors (Lipinski definition) is 5. The minimum Gasteiger partial charge on any atom is -0.497 e. The minimum absolute atomic E-state index is 0.0532. The quantitative estimate of drug-likeness (QED) is 0.596. The lowest BCUT2D eigenvalue weighted by atomic mass is 9.98. The molecule has 0 N–H and O–H groups in total. The molecule has 0 amide bonds. The lowest BCUT2D eigenvalue weighted by Gasteiger charge is -2.31. The van der Waals surface area contributed by atoms with Crippen LogP contribution >= 0.6 is 0 Å². The Bertz CT molecular complexity index is 981. The average Bonchev–Trinajstić information content (AvgIpc) is 3.12. The Morgan fingerprint density at radius 2 is 1.97 bits per heavy atom. The average molecular weight is 393 g/mol. The molecule has 2 aromatic carbocycles. The second-order valence-electron chi connectivity index (χ2n) is 7.38. The second kappa shape index (κ2) is 8.66. The molecule has 0 radical (unpaired) electrons. The van der Waals surface area contributed by atoms with Crippen molar-refractivity contribution in [3.63, 3.8) is 0 Å². The number of carbonyl (C=O) groups is 1. The maximum Gasteiger partial charge on any atom is 0.310 e. The first-order valence-corrected chi connectivity index (χ1v) is 10.2. The van der Waals surface area contributed by atoms with Crippen LogP contribution in [-0.4, -0.2) is 47.2 Å². The topological polar surface area (TPSA) is 56.6 Å². The molecule has 0 saturated carbocycles. The maximum absolute atomic E-state index is 12.2. The molecule has 2 heterocycles. The van der Waals surface area contributed by atoms with Crippen molar-refractivity contribution < 1.29 is 14.3 Å². The first-order valence-electron chi connectivity index (χ1n) is 10.2.